The van der Waals surface area contributed by atoms with E-state index in [1.807, 2.05) is 0 Å². The standard InChI is InChI=1S/C73H142O17P2/c1-6-9-12-15-18-21-23-25-26-27-28-29-30-31-32-33-34-36-39-42-48-53-58-72(77)89-68(62-84-71(76)57-52-47-41-38-35-24-22-19-16-13-10-7-2)64-87-91(79,80)85-60-67(74)61-86-92(81,82)88-65-69(90-73(78)59-54-49-44-43-45-50-55-66(4)5)63-83-70(75)56-51-46-40-37-20-17-14-11-8-3/h66-69,74H,6-65H2,1-5H3,(H,79,80)(H,81,82)/t67-,68-,69-/m1/s1. The van der Waals surface area contributed by atoms with Gasteiger partial charge in [-0.05, 0) is 31.6 Å². The van der Waals surface area contributed by atoms with Crippen LogP contribution in [0.3, 0.4) is 0 Å². The van der Waals surface area contributed by atoms with Crippen LogP contribution in [0.2, 0.25) is 0 Å². The third-order valence-electron chi connectivity index (χ3n) is 17.0. The van der Waals surface area contributed by atoms with Crippen LogP contribution in [0.15, 0.2) is 0 Å². The van der Waals surface area contributed by atoms with Crippen LogP contribution in [-0.2, 0) is 65.4 Å². The van der Waals surface area contributed by atoms with Crippen molar-refractivity contribution in [3.8, 4) is 0 Å². The van der Waals surface area contributed by atoms with Crippen molar-refractivity contribution in [1.29, 1.82) is 0 Å². The molecule has 0 aromatic carbocycles. The Bertz CT molecular complexity index is 1770. The Balaban J connectivity index is 5.13. The lowest BCUT2D eigenvalue weighted by Crippen LogP contribution is -2.30. The zero-order valence-corrected chi connectivity index (χ0v) is 61.5. The maximum atomic E-state index is 13.0. The van der Waals surface area contributed by atoms with Crippen LogP contribution in [0, 0.1) is 5.92 Å². The number of aliphatic hydroxyl groups is 1. The van der Waals surface area contributed by atoms with Gasteiger partial charge in [0.15, 0.2) is 12.2 Å². The number of phosphoric ester groups is 2. The number of hydrogen-bond donors (Lipinski definition) is 3. The highest BCUT2D eigenvalue weighted by Gasteiger charge is 2.30. The molecule has 0 radical (unpaired) electrons. The summed E-state index contributed by atoms with van der Waals surface area (Å²) in [5.74, 6) is -1.46. The van der Waals surface area contributed by atoms with Crippen LogP contribution in [0.4, 0.5) is 0 Å². The molecule has 0 aliphatic carbocycles. The van der Waals surface area contributed by atoms with Crippen LogP contribution < -0.4 is 0 Å². The van der Waals surface area contributed by atoms with Gasteiger partial charge in [0.25, 0.3) is 0 Å². The number of aliphatic hydroxyl groups excluding tert-OH is 1. The first-order valence-electron chi connectivity index (χ1n) is 38.1. The Kier molecular flexibility index (Phi) is 64.9. The second-order valence-electron chi connectivity index (χ2n) is 26.8. The van der Waals surface area contributed by atoms with Crippen molar-refractivity contribution in [3.63, 3.8) is 0 Å². The van der Waals surface area contributed by atoms with Gasteiger partial charge in [0.05, 0.1) is 26.4 Å². The number of carbonyl (C=O) groups excluding carboxylic acids is 4. The minimum absolute atomic E-state index is 0.102. The van der Waals surface area contributed by atoms with Crippen molar-refractivity contribution in [2.45, 2.75) is 400 Å². The van der Waals surface area contributed by atoms with Gasteiger partial charge < -0.3 is 33.8 Å². The fourth-order valence-electron chi connectivity index (χ4n) is 11.2. The number of rotatable bonds is 73. The van der Waals surface area contributed by atoms with Crippen molar-refractivity contribution in [2.75, 3.05) is 39.6 Å². The predicted octanol–water partition coefficient (Wildman–Crippen LogP) is 21.3. The van der Waals surface area contributed by atoms with E-state index in [4.69, 9.17) is 37.0 Å². The van der Waals surface area contributed by atoms with Gasteiger partial charge in [-0.2, -0.15) is 0 Å². The molecule has 0 spiro atoms. The minimum atomic E-state index is -4.95. The Labute approximate surface area is 562 Å². The van der Waals surface area contributed by atoms with Crippen LogP contribution >= 0.6 is 15.6 Å². The number of unbranched alkanes of at least 4 members (excludes halogenated alkanes) is 45. The molecule has 0 bridgehead atoms. The molecule has 0 aliphatic rings. The molecule has 0 aromatic heterocycles. The highest BCUT2D eigenvalue weighted by Crippen LogP contribution is 2.45. The predicted molar refractivity (Wildman–Crippen MR) is 372 cm³/mol. The topological polar surface area (TPSA) is 237 Å². The van der Waals surface area contributed by atoms with E-state index >= 15 is 0 Å². The molecule has 0 amide bonds. The average Bonchev–Trinajstić information content (AvgIpc) is 1.95. The second-order valence-corrected chi connectivity index (χ2v) is 29.7. The summed E-state index contributed by atoms with van der Waals surface area (Å²) < 4.78 is 68.3. The smallest absolute Gasteiger partial charge is 0.462 e. The molecule has 5 atom stereocenters. The van der Waals surface area contributed by atoms with Gasteiger partial charge >= 0.3 is 39.5 Å². The average molecular weight is 1350 g/mol. The van der Waals surface area contributed by atoms with E-state index in [-0.39, 0.29) is 25.7 Å². The lowest BCUT2D eigenvalue weighted by Gasteiger charge is -2.21. The maximum absolute atomic E-state index is 13.0. The van der Waals surface area contributed by atoms with Gasteiger partial charge in [-0.1, -0.05) is 330 Å². The monoisotopic (exact) mass is 1350 g/mol. The third-order valence-corrected chi connectivity index (χ3v) is 18.9. The second kappa shape index (κ2) is 66.3. The largest absolute Gasteiger partial charge is 0.472 e. The Morgan fingerprint density at radius 1 is 0.293 bits per heavy atom. The first-order chi connectivity index (χ1) is 44.5. The van der Waals surface area contributed by atoms with Crippen molar-refractivity contribution >= 4 is 39.5 Å². The number of carbonyl (C=O) groups is 4. The molecule has 0 aliphatic heterocycles. The summed E-state index contributed by atoms with van der Waals surface area (Å²) >= 11 is 0. The van der Waals surface area contributed by atoms with Gasteiger partial charge in [-0.15, -0.1) is 0 Å². The van der Waals surface area contributed by atoms with Gasteiger partial charge in [0.1, 0.15) is 19.3 Å². The van der Waals surface area contributed by atoms with Crippen molar-refractivity contribution < 1.29 is 80.2 Å². The molecule has 17 nitrogen and oxygen atoms in total. The summed E-state index contributed by atoms with van der Waals surface area (Å²) in [6.45, 7) is 7.15. The first kappa shape index (κ1) is 90.1. The molecule has 2 unspecified atom stereocenters. The molecule has 0 heterocycles. The quantitative estimate of drug-likeness (QED) is 0.0222. The Morgan fingerprint density at radius 3 is 0.739 bits per heavy atom. The van der Waals surface area contributed by atoms with Crippen LogP contribution in [-0.4, -0.2) is 96.7 Å². The molecular formula is C73H142O17P2. The zero-order valence-electron chi connectivity index (χ0n) is 59.7. The summed E-state index contributed by atoms with van der Waals surface area (Å²) in [4.78, 5) is 72.5. The molecule has 92 heavy (non-hydrogen) atoms. The molecular weight excluding hydrogens is 1210 g/mol. The van der Waals surface area contributed by atoms with Gasteiger partial charge in [-0.25, -0.2) is 9.13 Å². The van der Waals surface area contributed by atoms with Crippen molar-refractivity contribution in [3.05, 3.63) is 0 Å². The highest BCUT2D eigenvalue weighted by molar-refractivity contribution is 7.47. The van der Waals surface area contributed by atoms with Crippen molar-refractivity contribution in [1.82, 2.24) is 0 Å². The molecule has 3 N–H and O–H groups in total. The first-order valence-corrected chi connectivity index (χ1v) is 41.1. The van der Waals surface area contributed by atoms with E-state index in [1.165, 1.54) is 205 Å². The normalized spacial score (nSPS) is 14.0. The van der Waals surface area contributed by atoms with Gasteiger partial charge in [0, 0.05) is 25.7 Å². The molecule has 546 valence electrons. The summed E-state index contributed by atoms with van der Waals surface area (Å²) in [5.41, 5.74) is 0. The highest BCUT2D eigenvalue weighted by atomic mass is 31.2. The Hall–Kier alpha value is -1.94. The van der Waals surface area contributed by atoms with E-state index in [1.54, 1.807) is 0 Å². The summed E-state index contributed by atoms with van der Waals surface area (Å²) in [5, 5.41) is 10.6. The maximum Gasteiger partial charge on any atom is 0.472 e. The third kappa shape index (κ3) is 66.7. The van der Waals surface area contributed by atoms with Crippen LogP contribution in [0.1, 0.15) is 381 Å². The number of esters is 4. The molecule has 0 saturated heterocycles. The number of hydrogen-bond acceptors (Lipinski definition) is 15. The van der Waals surface area contributed by atoms with E-state index in [9.17, 15) is 43.2 Å². The fourth-order valence-corrected chi connectivity index (χ4v) is 12.8. The van der Waals surface area contributed by atoms with E-state index in [2.05, 4.69) is 34.6 Å². The molecule has 0 rings (SSSR count). The lowest BCUT2D eigenvalue weighted by molar-refractivity contribution is -0.161. The molecule has 19 heteroatoms. The number of ether oxygens (including phenoxy) is 4. The molecule has 0 fully saturated rings. The van der Waals surface area contributed by atoms with Crippen molar-refractivity contribution in [2.24, 2.45) is 5.92 Å². The SMILES string of the molecule is CCCCCCCCCCCCCCCCCCCCCCCCC(=O)O[C@H](COC(=O)CCCCCCCCCCCCCC)COP(=O)(O)OC[C@@H](O)COP(=O)(O)OC[C@@H](COC(=O)CCCCCCCCCCC)OC(=O)CCCCCCCCC(C)C. The van der Waals surface area contributed by atoms with E-state index < -0.39 is 97.5 Å². The summed E-state index contributed by atoms with van der Waals surface area (Å²) in [6.07, 6.45) is 54.5. The zero-order chi connectivity index (χ0) is 67.7. The Morgan fingerprint density at radius 2 is 0.500 bits per heavy atom. The van der Waals surface area contributed by atoms with Gasteiger partial charge in [0.2, 0.25) is 0 Å². The van der Waals surface area contributed by atoms with Crippen LogP contribution in [0.5, 0.6) is 0 Å². The molecule has 0 saturated carbocycles. The van der Waals surface area contributed by atoms with E-state index in [0.717, 1.165) is 89.9 Å². The lowest BCUT2D eigenvalue weighted by atomic mass is 10.0. The fraction of sp³-hybridized carbons (Fsp3) is 0.945. The van der Waals surface area contributed by atoms with Gasteiger partial charge in [-0.3, -0.25) is 37.3 Å². The number of phosphoric acid groups is 2. The van der Waals surface area contributed by atoms with Crippen LogP contribution in [0.25, 0.3) is 0 Å². The minimum Gasteiger partial charge on any atom is -0.462 e. The summed E-state index contributed by atoms with van der Waals surface area (Å²) in [7, 11) is -9.90. The van der Waals surface area contributed by atoms with E-state index in [0.29, 0.717) is 31.6 Å². The molecule has 0 aromatic rings. The summed E-state index contributed by atoms with van der Waals surface area (Å²) in [6, 6.07) is 0.